The highest BCUT2D eigenvalue weighted by atomic mass is 32.1. The lowest BCUT2D eigenvalue weighted by Gasteiger charge is -2.25. The van der Waals surface area contributed by atoms with Crippen LogP contribution in [0.1, 0.15) is 22.8 Å². The third-order valence-electron chi connectivity index (χ3n) is 5.13. The maximum Gasteiger partial charge on any atom is 0.231 e. The van der Waals surface area contributed by atoms with Crippen molar-refractivity contribution in [2.45, 2.75) is 12.3 Å². The molecule has 1 aromatic heterocycles. The second kappa shape index (κ2) is 6.97. The number of nitrogens with zero attached hydrogens (tertiary/aromatic N) is 1. The fraction of sp³-hybridized carbons (Fsp3) is 0.238. The summed E-state index contributed by atoms with van der Waals surface area (Å²) in [6.07, 6.45) is 0.280. The van der Waals surface area contributed by atoms with Gasteiger partial charge >= 0.3 is 0 Å². The number of methoxy groups -OCH3 is 2. The summed E-state index contributed by atoms with van der Waals surface area (Å²) in [5, 5.41) is 3.01. The maximum absolute atomic E-state index is 12.6. The first-order valence-electron chi connectivity index (χ1n) is 9.10. The third-order valence-corrected chi connectivity index (χ3v) is 6.09. The fourth-order valence-corrected chi connectivity index (χ4v) is 4.79. The zero-order valence-electron chi connectivity index (χ0n) is 15.9. The van der Waals surface area contributed by atoms with Gasteiger partial charge in [0, 0.05) is 23.5 Å². The Kier molecular flexibility index (Phi) is 4.28. The average Bonchev–Trinajstić information content (AvgIpc) is 3.40. The molecule has 0 bridgehead atoms. The van der Waals surface area contributed by atoms with Crippen LogP contribution in [0.3, 0.4) is 0 Å². The van der Waals surface area contributed by atoms with E-state index in [-0.39, 0.29) is 25.0 Å². The molecule has 0 fully saturated rings. The van der Waals surface area contributed by atoms with Crippen LogP contribution in [0.15, 0.2) is 36.4 Å². The Morgan fingerprint density at radius 2 is 1.93 bits per heavy atom. The van der Waals surface area contributed by atoms with Crippen LogP contribution in [-0.2, 0) is 4.79 Å². The van der Waals surface area contributed by atoms with Crippen LogP contribution in [0, 0.1) is 0 Å². The summed E-state index contributed by atoms with van der Waals surface area (Å²) in [6.45, 7) is 0.0978. The highest BCUT2D eigenvalue weighted by molar-refractivity contribution is 7.07. The quantitative estimate of drug-likeness (QED) is 0.700. The standard InChI is InChI=1S/C21H18N2O5S/c1-25-14-8-12(18(26-2)20-19(14)27-10-28-20)13-9-15(24)22-17-16(23-29-21(13)17)11-6-4-3-5-7-11/h3-8,13H,9-10H2,1-2H3,(H,22,24)/t13-/m0/s1. The summed E-state index contributed by atoms with van der Waals surface area (Å²) >= 11 is 1.38. The number of carbonyl (C=O) groups excluding carboxylic acids is 1. The largest absolute Gasteiger partial charge is 0.493 e. The smallest absolute Gasteiger partial charge is 0.231 e. The molecule has 1 amide bonds. The summed E-state index contributed by atoms with van der Waals surface area (Å²) < 4.78 is 27.0. The van der Waals surface area contributed by atoms with E-state index in [2.05, 4.69) is 9.69 Å². The average molecular weight is 410 g/mol. The summed E-state index contributed by atoms with van der Waals surface area (Å²) in [4.78, 5) is 13.6. The van der Waals surface area contributed by atoms with E-state index in [1.165, 1.54) is 11.5 Å². The van der Waals surface area contributed by atoms with E-state index in [1.54, 1.807) is 14.2 Å². The molecule has 148 valence electrons. The van der Waals surface area contributed by atoms with E-state index in [0.717, 1.165) is 27.4 Å². The van der Waals surface area contributed by atoms with E-state index in [9.17, 15) is 4.79 Å². The number of anilines is 1. The molecule has 2 aromatic carbocycles. The molecule has 3 aromatic rings. The third kappa shape index (κ3) is 2.79. The molecule has 0 saturated carbocycles. The lowest BCUT2D eigenvalue weighted by atomic mass is 9.88. The Labute approximate surface area is 171 Å². The van der Waals surface area contributed by atoms with Gasteiger partial charge in [0.15, 0.2) is 11.5 Å². The first-order chi connectivity index (χ1) is 14.2. The van der Waals surface area contributed by atoms with Gasteiger partial charge in [-0.25, -0.2) is 0 Å². The van der Waals surface area contributed by atoms with E-state index in [0.29, 0.717) is 23.0 Å². The number of hydrogen-bond donors (Lipinski definition) is 1. The van der Waals surface area contributed by atoms with Crippen LogP contribution in [0.5, 0.6) is 23.0 Å². The van der Waals surface area contributed by atoms with Crippen LogP contribution in [0.4, 0.5) is 5.69 Å². The molecule has 1 atom stereocenters. The van der Waals surface area contributed by atoms with Crippen molar-refractivity contribution in [2.75, 3.05) is 26.3 Å². The van der Waals surface area contributed by atoms with Crippen LogP contribution >= 0.6 is 11.5 Å². The van der Waals surface area contributed by atoms with Crippen molar-refractivity contribution in [1.29, 1.82) is 0 Å². The van der Waals surface area contributed by atoms with Crippen molar-refractivity contribution in [3.63, 3.8) is 0 Å². The minimum absolute atomic E-state index is 0.0708. The lowest BCUT2D eigenvalue weighted by Crippen LogP contribution is -2.23. The number of carbonyl (C=O) groups is 1. The van der Waals surface area contributed by atoms with Crippen molar-refractivity contribution < 1.29 is 23.7 Å². The normalized spacial score (nSPS) is 16.9. The fourth-order valence-electron chi connectivity index (χ4n) is 3.83. The molecule has 0 saturated heterocycles. The summed E-state index contributed by atoms with van der Waals surface area (Å²) in [7, 11) is 3.16. The maximum atomic E-state index is 12.6. The van der Waals surface area contributed by atoms with Gasteiger partial charge in [0.1, 0.15) is 5.69 Å². The minimum Gasteiger partial charge on any atom is -0.493 e. The van der Waals surface area contributed by atoms with Crippen molar-refractivity contribution >= 4 is 23.1 Å². The molecule has 2 aliphatic rings. The summed E-state index contributed by atoms with van der Waals surface area (Å²) in [5.41, 5.74) is 3.30. The van der Waals surface area contributed by atoms with E-state index >= 15 is 0 Å². The SMILES string of the molecule is COc1cc([C@@H]2CC(=O)Nc3c(-c4ccccc4)nsc32)c(OC)c2c1OCO2. The lowest BCUT2D eigenvalue weighted by molar-refractivity contribution is -0.116. The molecule has 0 aliphatic carbocycles. The van der Waals surface area contributed by atoms with Crippen molar-refractivity contribution in [3.8, 4) is 34.3 Å². The van der Waals surface area contributed by atoms with Gasteiger partial charge in [-0.3, -0.25) is 4.79 Å². The van der Waals surface area contributed by atoms with Gasteiger partial charge in [-0.15, -0.1) is 0 Å². The predicted octanol–water partition coefficient (Wildman–Crippen LogP) is 4.03. The van der Waals surface area contributed by atoms with Crippen LogP contribution in [0.25, 0.3) is 11.3 Å². The first-order valence-corrected chi connectivity index (χ1v) is 9.88. The number of benzene rings is 2. The second-order valence-corrected chi connectivity index (χ2v) is 7.51. The summed E-state index contributed by atoms with van der Waals surface area (Å²) in [6, 6.07) is 11.7. The van der Waals surface area contributed by atoms with Crippen LogP contribution in [-0.4, -0.2) is 31.3 Å². The highest BCUT2D eigenvalue weighted by Crippen LogP contribution is 2.54. The molecular weight excluding hydrogens is 392 g/mol. The van der Waals surface area contributed by atoms with Gasteiger partial charge in [0.05, 0.1) is 24.8 Å². The van der Waals surface area contributed by atoms with Crippen LogP contribution < -0.4 is 24.3 Å². The zero-order valence-corrected chi connectivity index (χ0v) is 16.7. The van der Waals surface area contributed by atoms with Crippen molar-refractivity contribution in [2.24, 2.45) is 0 Å². The summed E-state index contributed by atoms with van der Waals surface area (Å²) in [5.74, 6) is 1.82. The van der Waals surface area contributed by atoms with Gasteiger partial charge in [0.2, 0.25) is 24.2 Å². The number of fused-ring (bicyclic) bond motifs is 2. The molecule has 1 N–H and O–H groups in total. The first kappa shape index (κ1) is 17.8. The number of amides is 1. The second-order valence-electron chi connectivity index (χ2n) is 6.71. The molecule has 7 nitrogen and oxygen atoms in total. The number of ether oxygens (including phenoxy) is 4. The molecule has 5 rings (SSSR count). The number of hydrogen-bond acceptors (Lipinski definition) is 7. The number of rotatable bonds is 4. The Balaban J connectivity index is 1.68. The number of aromatic nitrogens is 1. The Bertz CT molecular complexity index is 1100. The van der Waals surface area contributed by atoms with Crippen molar-refractivity contribution in [3.05, 3.63) is 46.8 Å². The molecule has 8 heteroatoms. The molecule has 0 unspecified atom stereocenters. The van der Waals surface area contributed by atoms with Gasteiger partial charge in [-0.1, -0.05) is 30.3 Å². The number of nitrogens with one attached hydrogen (secondary N) is 1. The molecule has 2 aliphatic heterocycles. The Morgan fingerprint density at radius 3 is 2.69 bits per heavy atom. The van der Waals surface area contributed by atoms with Gasteiger partial charge in [0.25, 0.3) is 0 Å². The minimum atomic E-state index is -0.230. The zero-order chi connectivity index (χ0) is 20.0. The molecule has 0 radical (unpaired) electrons. The van der Waals surface area contributed by atoms with Crippen LogP contribution in [0.2, 0.25) is 0 Å². The molecule has 0 spiro atoms. The monoisotopic (exact) mass is 410 g/mol. The predicted molar refractivity (Wildman–Crippen MR) is 108 cm³/mol. The molecular formula is C21H18N2O5S. The van der Waals surface area contributed by atoms with Gasteiger partial charge in [-0.05, 0) is 17.6 Å². The Hall–Kier alpha value is -3.26. The highest BCUT2D eigenvalue weighted by Gasteiger charge is 2.37. The topological polar surface area (TPSA) is 78.9 Å². The van der Waals surface area contributed by atoms with Gasteiger partial charge < -0.3 is 24.3 Å². The van der Waals surface area contributed by atoms with E-state index in [1.807, 2.05) is 36.4 Å². The van der Waals surface area contributed by atoms with E-state index < -0.39 is 0 Å². The Morgan fingerprint density at radius 1 is 1.14 bits per heavy atom. The van der Waals surface area contributed by atoms with Gasteiger partial charge in [-0.2, -0.15) is 4.37 Å². The van der Waals surface area contributed by atoms with Crippen molar-refractivity contribution in [1.82, 2.24) is 4.37 Å². The van der Waals surface area contributed by atoms with E-state index in [4.69, 9.17) is 18.9 Å². The molecule has 3 heterocycles. The molecule has 29 heavy (non-hydrogen) atoms.